The molecule has 0 radical (unpaired) electrons. The minimum Gasteiger partial charge on any atom is -0.464 e. The number of nitrogens with zero attached hydrogens (tertiary/aromatic N) is 1. The van der Waals surface area contributed by atoms with Crippen molar-refractivity contribution in [2.45, 2.75) is 32.4 Å². The minimum absolute atomic E-state index is 0.0272. The van der Waals surface area contributed by atoms with Crippen molar-refractivity contribution in [1.82, 2.24) is 4.90 Å². The van der Waals surface area contributed by atoms with Crippen LogP contribution in [0.3, 0.4) is 0 Å². The molecule has 0 saturated carbocycles. The number of carbonyl (C=O) groups is 2. The molecule has 102 valence electrons. The summed E-state index contributed by atoms with van der Waals surface area (Å²) in [7, 11) is 0. The third-order valence-electron chi connectivity index (χ3n) is 3.28. The quantitative estimate of drug-likeness (QED) is 0.612. The second-order valence-electron chi connectivity index (χ2n) is 4.68. The first kappa shape index (κ1) is 13.7. The molecular formula is C15H19NO3. The molecule has 0 spiro atoms. The van der Waals surface area contributed by atoms with Gasteiger partial charge in [-0.05, 0) is 18.9 Å². The van der Waals surface area contributed by atoms with Gasteiger partial charge in [-0.25, -0.2) is 4.79 Å². The summed E-state index contributed by atoms with van der Waals surface area (Å²) in [4.78, 5) is 25.8. The number of ether oxygens (including phenoxy) is 1. The third-order valence-corrected chi connectivity index (χ3v) is 3.28. The Morgan fingerprint density at radius 1 is 1.37 bits per heavy atom. The summed E-state index contributed by atoms with van der Waals surface area (Å²) in [5, 5.41) is 0. The van der Waals surface area contributed by atoms with E-state index in [0.717, 1.165) is 18.5 Å². The largest absolute Gasteiger partial charge is 0.464 e. The SMILES string of the molecule is CCOC(=O)[C@H]1C(=O)CCCN1Cc1ccccc1. The summed E-state index contributed by atoms with van der Waals surface area (Å²) in [6.07, 6.45) is 1.27. The maximum Gasteiger partial charge on any atom is 0.331 e. The van der Waals surface area contributed by atoms with Gasteiger partial charge in [-0.1, -0.05) is 30.3 Å². The number of likely N-dealkylation sites (tertiary alicyclic amines) is 1. The van der Waals surface area contributed by atoms with Gasteiger partial charge in [0.25, 0.3) is 0 Å². The summed E-state index contributed by atoms with van der Waals surface area (Å²) in [5.74, 6) is -0.441. The average Bonchev–Trinajstić information content (AvgIpc) is 2.40. The van der Waals surface area contributed by atoms with E-state index in [1.807, 2.05) is 35.2 Å². The van der Waals surface area contributed by atoms with Crippen molar-refractivity contribution in [3.8, 4) is 0 Å². The molecule has 1 atom stereocenters. The molecule has 1 aromatic carbocycles. The van der Waals surface area contributed by atoms with Crippen LogP contribution in [0.15, 0.2) is 30.3 Å². The summed E-state index contributed by atoms with van der Waals surface area (Å²) in [6, 6.07) is 9.14. The Kier molecular flexibility index (Phi) is 4.68. The van der Waals surface area contributed by atoms with Crippen LogP contribution in [0, 0.1) is 0 Å². The lowest BCUT2D eigenvalue weighted by Gasteiger charge is -2.32. The smallest absolute Gasteiger partial charge is 0.331 e. The van der Waals surface area contributed by atoms with E-state index in [1.54, 1.807) is 6.92 Å². The number of hydrogen-bond donors (Lipinski definition) is 0. The molecule has 4 nitrogen and oxygen atoms in total. The van der Waals surface area contributed by atoms with Crippen LogP contribution in [0.2, 0.25) is 0 Å². The molecule has 1 aliphatic rings. The maximum absolute atomic E-state index is 12.0. The topological polar surface area (TPSA) is 46.6 Å². The number of piperidine rings is 1. The van der Waals surface area contributed by atoms with Crippen LogP contribution in [0.4, 0.5) is 0 Å². The molecule has 0 N–H and O–H groups in total. The first-order valence-corrected chi connectivity index (χ1v) is 6.69. The second-order valence-corrected chi connectivity index (χ2v) is 4.68. The lowest BCUT2D eigenvalue weighted by molar-refractivity contribution is -0.155. The van der Waals surface area contributed by atoms with Gasteiger partial charge in [0.2, 0.25) is 0 Å². The normalized spacial score (nSPS) is 20.3. The highest BCUT2D eigenvalue weighted by Crippen LogP contribution is 2.18. The van der Waals surface area contributed by atoms with Crippen LogP contribution in [0.25, 0.3) is 0 Å². The number of esters is 1. The summed E-state index contributed by atoms with van der Waals surface area (Å²) >= 11 is 0. The Morgan fingerprint density at radius 2 is 2.11 bits per heavy atom. The van der Waals surface area contributed by atoms with Crippen LogP contribution < -0.4 is 0 Å². The Balaban J connectivity index is 2.11. The lowest BCUT2D eigenvalue weighted by atomic mass is 9.99. The summed E-state index contributed by atoms with van der Waals surface area (Å²) in [6.45, 7) is 3.43. The predicted octanol–water partition coefficient (Wildman–Crippen LogP) is 1.78. The zero-order chi connectivity index (χ0) is 13.7. The molecule has 2 rings (SSSR count). The lowest BCUT2D eigenvalue weighted by Crippen LogP contribution is -2.50. The van der Waals surface area contributed by atoms with Crippen molar-refractivity contribution in [2.24, 2.45) is 0 Å². The van der Waals surface area contributed by atoms with Gasteiger partial charge in [0.1, 0.15) is 0 Å². The zero-order valence-electron chi connectivity index (χ0n) is 11.2. The van der Waals surface area contributed by atoms with Crippen LogP contribution in [0.1, 0.15) is 25.3 Å². The Morgan fingerprint density at radius 3 is 2.79 bits per heavy atom. The van der Waals surface area contributed by atoms with Gasteiger partial charge in [0.05, 0.1) is 6.61 Å². The highest BCUT2D eigenvalue weighted by Gasteiger charge is 2.36. The monoisotopic (exact) mass is 261 g/mol. The molecule has 1 saturated heterocycles. The summed E-state index contributed by atoms with van der Waals surface area (Å²) < 4.78 is 5.02. The Bertz CT molecular complexity index is 444. The van der Waals surface area contributed by atoms with E-state index in [1.165, 1.54) is 0 Å². The van der Waals surface area contributed by atoms with Crippen LogP contribution in [0.5, 0.6) is 0 Å². The van der Waals surface area contributed by atoms with E-state index < -0.39 is 12.0 Å². The van der Waals surface area contributed by atoms with E-state index in [-0.39, 0.29) is 5.78 Å². The molecule has 1 fully saturated rings. The van der Waals surface area contributed by atoms with Gasteiger partial charge in [-0.3, -0.25) is 9.69 Å². The molecule has 19 heavy (non-hydrogen) atoms. The van der Waals surface area contributed by atoms with Gasteiger partial charge in [-0.2, -0.15) is 0 Å². The van der Waals surface area contributed by atoms with E-state index in [9.17, 15) is 9.59 Å². The minimum atomic E-state index is -0.728. The van der Waals surface area contributed by atoms with Crippen molar-refractivity contribution < 1.29 is 14.3 Å². The highest BCUT2D eigenvalue weighted by molar-refractivity contribution is 6.03. The average molecular weight is 261 g/mol. The van der Waals surface area contributed by atoms with Crippen molar-refractivity contribution >= 4 is 11.8 Å². The van der Waals surface area contributed by atoms with Gasteiger partial charge >= 0.3 is 5.97 Å². The first-order valence-electron chi connectivity index (χ1n) is 6.69. The number of benzene rings is 1. The molecular weight excluding hydrogens is 242 g/mol. The van der Waals surface area contributed by atoms with E-state index in [2.05, 4.69) is 0 Å². The fourth-order valence-electron chi connectivity index (χ4n) is 2.42. The molecule has 4 heteroatoms. The van der Waals surface area contributed by atoms with E-state index in [4.69, 9.17) is 4.74 Å². The molecule has 0 amide bonds. The second kappa shape index (κ2) is 6.48. The fourth-order valence-corrected chi connectivity index (χ4v) is 2.42. The molecule has 1 aromatic rings. The number of ketones is 1. The first-order chi connectivity index (χ1) is 9.22. The van der Waals surface area contributed by atoms with Gasteiger partial charge in [0, 0.05) is 19.5 Å². The van der Waals surface area contributed by atoms with Crippen LogP contribution >= 0.6 is 0 Å². The molecule has 0 bridgehead atoms. The van der Waals surface area contributed by atoms with Crippen molar-refractivity contribution in [3.05, 3.63) is 35.9 Å². The fraction of sp³-hybridized carbons (Fsp3) is 0.467. The van der Waals surface area contributed by atoms with Crippen molar-refractivity contribution in [1.29, 1.82) is 0 Å². The predicted molar refractivity (Wildman–Crippen MR) is 71.5 cm³/mol. The van der Waals surface area contributed by atoms with Gasteiger partial charge in [0.15, 0.2) is 11.8 Å². The van der Waals surface area contributed by atoms with Crippen molar-refractivity contribution in [2.75, 3.05) is 13.2 Å². The van der Waals surface area contributed by atoms with Crippen LogP contribution in [-0.4, -0.2) is 35.8 Å². The summed E-state index contributed by atoms with van der Waals surface area (Å²) in [5.41, 5.74) is 1.10. The standard InChI is InChI=1S/C15H19NO3/c1-2-19-15(18)14-13(17)9-6-10-16(14)11-12-7-4-3-5-8-12/h3-5,7-8,14H,2,6,9-11H2,1H3/t14-/m1/s1. The van der Waals surface area contributed by atoms with Gasteiger partial charge < -0.3 is 4.74 Å². The molecule has 1 heterocycles. The Hall–Kier alpha value is -1.68. The number of rotatable bonds is 4. The Labute approximate surface area is 113 Å². The van der Waals surface area contributed by atoms with E-state index >= 15 is 0 Å². The third kappa shape index (κ3) is 3.41. The van der Waals surface area contributed by atoms with Gasteiger partial charge in [-0.15, -0.1) is 0 Å². The number of Topliss-reactive ketones (excluding diaryl/α,β-unsaturated/α-hetero) is 1. The van der Waals surface area contributed by atoms with E-state index in [0.29, 0.717) is 19.6 Å². The highest BCUT2D eigenvalue weighted by atomic mass is 16.5. The number of hydrogen-bond acceptors (Lipinski definition) is 4. The van der Waals surface area contributed by atoms with Crippen molar-refractivity contribution in [3.63, 3.8) is 0 Å². The zero-order valence-corrected chi connectivity index (χ0v) is 11.2. The molecule has 1 aliphatic heterocycles. The van der Waals surface area contributed by atoms with Crippen LogP contribution in [-0.2, 0) is 20.9 Å². The maximum atomic E-state index is 12.0. The number of carbonyl (C=O) groups excluding carboxylic acids is 2. The molecule has 0 aromatic heterocycles. The molecule has 0 aliphatic carbocycles. The molecule has 0 unspecified atom stereocenters.